The highest BCUT2D eigenvalue weighted by Crippen LogP contribution is 2.18. The van der Waals surface area contributed by atoms with E-state index < -0.39 is 17.5 Å². The molecular formula is C7H4F2INO2. The van der Waals surface area contributed by atoms with Crippen LogP contribution in [0.2, 0.25) is 0 Å². The molecule has 0 aromatic carbocycles. The quantitative estimate of drug-likeness (QED) is 0.513. The zero-order valence-electron chi connectivity index (χ0n) is 6.18. The summed E-state index contributed by atoms with van der Waals surface area (Å²) in [4.78, 5) is 23.5. The standard InChI is InChI=1S/C7H4F2INO2/c8-6(9)5-3(2-12)1-4(10)11-7(5)13/h1-2,6H,(H,11,13). The molecule has 0 atom stereocenters. The predicted octanol–water partition coefficient (Wildman–Crippen LogP) is 1.73. The minimum Gasteiger partial charge on any atom is -0.317 e. The summed E-state index contributed by atoms with van der Waals surface area (Å²) in [5, 5.41) is 0. The van der Waals surface area contributed by atoms with E-state index in [1.165, 1.54) is 6.07 Å². The Labute approximate surface area is 85.3 Å². The summed E-state index contributed by atoms with van der Waals surface area (Å²) in [5.74, 6) is 0. The van der Waals surface area contributed by atoms with Gasteiger partial charge in [0.2, 0.25) is 0 Å². The van der Waals surface area contributed by atoms with Crippen LogP contribution in [0.15, 0.2) is 10.9 Å². The molecule has 0 aliphatic rings. The molecule has 1 rings (SSSR count). The van der Waals surface area contributed by atoms with Crippen molar-refractivity contribution in [1.82, 2.24) is 4.98 Å². The number of carbonyl (C=O) groups is 1. The van der Waals surface area contributed by atoms with Gasteiger partial charge >= 0.3 is 0 Å². The molecule has 1 aromatic heterocycles. The van der Waals surface area contributed by atoms with Gasteiger partial charge in [-0.1, -0.05) is 0 Å². The fourth-order valence-electron chi connectivity index (χ4n) is 0.880. The van der Waals surface area contributed by atoms with Crippen LogP contribution >= 0.6 is 22.6 Å². The van der Waals surface area contributed by atoms with Crippen molar-refractivity contribution in [3.05, 3.63) is 31.2 Å². The van der Waals surface area contributed by atoms with Crippen molar-refractivity contribution in [2.24, 2.45) is 0 Å². The Hall–Kier alpha value is -0.790. The van der Waals surface area contributed by atoms with E-state index in [0.717, 1.165) is 0 Å². The van der Waals surface area contributed by atoms with Crippen molar-refractivity contribution in [3.8, 4) is 0 Å². The molecular weight excluding hydrogens is 295 g/mol. The van der Waals surface area contributed by atoms with Crippen LogP contribution < -0.4 is 5.56 Å². The number of alkyl halides is 2. The van der Waals surface area contributed by atoms with Crippen LogP contribution in [0.1, 0.15) is 22.3 Å². The van der Waals surface area contributed by atoms with Crippen LogP contribution in [-0.2, 0) is 0 Å². The van der Waals surface area contributed by atoms with Crippen molar-refractivity contribution in [1.29, 1.82) is 0 Å². The minimum atomic E-state index is -2.93. The third kappa shape index (κ3) is 2.11. The predicted molar refractivity (Wildman–Crippen MR) is 50.1 cm³/mol. The van der Waals surface area contributed by atoms with Gasteiger partial charge in [0.1, 0.15) is 0 Å². The Morgan fingerprint density at radius 1 is 1.54 bits per heavy atom. The number of hydrogen-bond acceptors (Lipinski definition) is 2. The zero-order valence-corrected chi connectivity index (χ0v) is 8.34. The van der Waals surface area contributed by atoms with Gasteiger partial charge in [-0.25, -0.2) is 8.78 Å². The zero-order chi connectivity index (χ0) is 10.0. The summed E-state index contributed by atoms with van der Waals surface area (Å²) < 4.78 is 24.8. The molecule has 0 fully saturated rings. The highest BCUT2D eigenvalue weighted by atomic mass is 127. The van der Waals surface area contributed by atoms with Crippen LogP contribution in [-0.4, -0.2) is 11.3 Å². The van der Waals surface area contributed by atoms with Crippen molar-refractivity contribution in [2.75, 3.05) is 0 Å². The third-order valence-electron chi connectivity index (χ3n) is 1.42. The number of nitrogens with one attached hydrogen (secondary N) is 1. The first-order chi connectivity index (χ1) is 6.06. The van der Waals surface area contributed by atoms with Crippen molar-refractivity contribution < 1.29 is 13.6 Å². The number of carbonyl (C=O) groups excluding carboxylic acids is 1. The van der Waals surface area contributed by atoms with Gasteiger partial charge in [-0.05, 0) is 28.7 Å². The van der Waals surface area contributed by atoms with E-state index in [1.54, 1.807) is 22.6 Å². The van der Waals surface area contributed by atoms with Gasteiger partial charge < -0.3 is 4.98 Å². The molecule has 0 saturated heterocycles. The van der Waals surface area contributed by atoms with Gasteiger partial charge in [0.15, 0.2) is 6.29 Å². The maximum absolute atomic E-state index is 12.2. The molecule has 0 bridgehead atoms. The second-order valence-corrected chi connectivity index (χ2v) is 3.40. The summed E-state index contributed by atoms with van der Waals surface area (Å²) in [6, 6.07) is 1.20. The second-order valence-electron chi connectivity index (χ2n) is 2.23. The van der Waals surface area contributed by atoms with Crippen molar-refractivity contribution >= 4 is 28.9 Å². The van der Waals surface area contributed by atoms with E-state index in [-0.39, 0.29) is 11.8 Å². The summed E-state index contributed by atoms with van der Waals surface area (Å²) in [6.07, 6.45) is -2.68. The van der Waals surface area contributed by atoms with Crippen LogP contribution in [0.5, 0.6) is 0 Å². The molecule has 13 heavy (non-hydrogen) atoms. The summed E-state index contributed by atoms with van der Waals surface area (Å²) in [6.45, 7) is 0. The monoisotopic (exact) mass is 299 g/mol. The number of aldehydes is 1. The average molecular weight is 299 g/mol. The normalized spacial score (nSPS) is 10.5. The smallest absolute Gasteiger partial charge is 0.269 e. The molecule has 0 radical (unpaired) electrons. The molecule has 0 unspecified atom stereocenters. The number of aromatic nitrogens is 1. The highest BCUT2D eigenvalue weighted by Gasteiger charge is 2.17. The van der Waals surface area contributed by atoms with E-state index in [0.29, 0.717) is 3.70 Å². The molecule has 0 spiro atoms. The highest BCUT2D eigenvalue weighted by molar-refractivity contribution is 14.1. The number of rotatable bonds is 2. The molecule has 0 amide bonds. The summed E-state index contributed by atoms with van der Waals surface area (Å²) in [7, 11) is 0. The Morgan fingerprint density at radius 2 is 2.15 bits per heavy atom. The van der Waals surface area contributed by atoms with Gasteiger partial charge in [-0.3, -0.25) is 9.59 Å². The molecule has 3 nitrogen and oxygen atoms in total. The number of pyridine rings is 1. The molecule has 1 N–H and O–H groups in total. The fourth-order valence-corrected chi connectivity index (χ4v) is 1.46. The molecule has 1 heterocycles. The largest absolute Gasteiger partial charge is 0.317 e. The van der Waals surface area contributed by atoms with Crippen LogP contribution in [0.3, 0.4) is 0 Å². The lowest BCUT2D eigenvalue weighted by atomic mass is 10.1. The number of H-pyrrole nitrogens is 1. The lowest BCUT2D eigenvalue weighted by Crippen LogP contribution is -2.17. The SMILES string of the molecule is O=Cc1cc(I)[nH]c(=O)c1C(F)F. The number of hydrogen-bond donors (Lipinski definition) is 1. The minimum absolute atomic E-state index is 0.249. The molecule has 0 aliphatic carbocycles. The maximum Gasteiger partial charge on any atom is 0.269 e. The Balaban J connectivity index is 3.47. The molecule has 0 aliphatic heterocycles. The Morgan fingerprint density at radius 3 is 2.62 bits per heavy atom. The first-order valence-electron chi connectivity index (χ1n) is 3.22. The summed E-state index contributed by atoms with van der Waals surface area (Å²) in [5.41, 5.74) is -1.94. The third-order valence-corrected chi connectivity index (χ3v) is 2.00. The number of halogens is 3. The summed E-state index contributed by atoms with van der Waals surface area (Å²) >= 11 is 1.74. The maximum atomic E-state index is 12.2. The van der Waals surface area contributed by atoms with E-state index in [4.69, 9.17) is 0 Å². The lowest BCUT2D eigenvalue weighted by molar-refractivity contribution is 0.110. The second kappa shape index (κ2) is 3.95. The fraction of sp³-hybridized carbons (Fsp3) is 0.143. The molecule has 1 aromatic rings. The molecule has 0 saturated carbocycles. The van der Waals surface area contributed by atoms with E-state index in [1.807, 2.05) is 0 Å². The molecule has 70 valence electrons. The van der Waals surface area contributed by atoms with E-state index in [9.17, 15) is 18.4 Å². The van der Waals surface area contributed by atoms with E-state index >= 15 is 0 Å². The Bertz CT molecular complexity index is 389. The van der Waals surface area contributed by atoms with Crippen molar-refractivity contribution in [2.45, 2.75) is 6.43 Å². The Kier molecular flexibility index (Phi) is 3.12. The van der Waals surface area contributed by atoms with Crippen LogP contribution in [0.25, 0.3) is 0 Å². The number of aromatic amines is 1. The van der Waals surface area contributed by atoms with Crippen LogP contribution in [0.4, 0.5) is 8.78 Å². The van der Waals surface area contributed by atoms with Crippen LogP contribution in [0, 0.1) is 3.70 Å². The topological polar surface area (TPSA) is 49.9 Å². The van der Waals surface area contributed by atoms with Crippen molar-refractivity contribution in [3.63, 3.8) is 0 Å². The first kappa shape index (κ1) is 10.3. The average Bonchev–Trinajstić information content (AvgIpc) is 2.01. The lowest BCUT2D eigenvalue weighted by Gasteiger charge is -2.01. The van der Waals surface area contributed by atoms with Gasteiger partial charge in [0, 0.05) is 5.56 Å². The van der Waals surface area contributed by atoms with Gasteiger partial charge in [-0.2, -0.15) is 0 Å². The molecule has 6 heteroatoms. The van der Waals surface area contributed by atoms with Gasteiger partial charge in [-0.15, -0.1) is 0 Å². The van der Waals surface area contributed by atoms with E-state index in [2.05, 4.69) is 4.98 Å². The van der Waals surface area contributed by atoms with Gasteiger partial charge in [0.05, 0.1) is 9.26 Å². The first-order valence-corrected chi connectivity index (χ1v) is 4.30. The van der Waals surface area contributed by atoms with Gasteiger partial charge in [0.25, 0.3) is 12.0 Å².